The molecule has 1 aliphatic rings. The van der Waals surface area contributed by atoms with Gasteiger partial charge in [-0.25, -0.2) is 0 Å². The summed E-state index contributed by atoms with van der Waals surface area (Å²) >= 11 is 0. The largest absolute Gasteiger partial charge is 0.393 e. The molecule has 17 heavy (non-hydrogen) atoms. The normalized spacial score (nSPS) is 25.7. The lowest BCUT2D eigenvalue weighted by Crippen LogP contribution is -2.45. The third kappa shape index (κ3) is 2.38. The number of nitrogens with one attached hydrogen (secondary N) is 1. The van der Waals surface area contributed by atoms with Crippen LogP contribution < -0.4 is 5.32 Å². The number of aliphatic hydroxyl groups excluding tert-OH is 1. The Bertz CT molecular complexity index is 394. The summed E-state index contributed by atoms with van der Waals surface area (Å²) in [6.07, 6.45) is 1.66. The third-order valence-electron chi connectivity index (χ3n) is 3.77. The molecule has 1 aromatic heterocycles. The minimum Gasteiger partial charge on any atom is -0.393 e. The van der Waals surface area contributed by atoms with Crippen LogP contribution in [0.15, 0.2) is 0 Å². The molecule has 1 saturated carbocycles. The number of aromatic nitrogens is 2. The Labute approximate surface area is 103 Å². The average Bonchev–Trinajstić information content (AvgIpc) is 2.51. The second-order valence-corrected chi connectivity index (χ2v) is 5.11. The number of hydrogen-bond acceptors (Lipinski definition) is 3. The summed E-state index contributed by atoms with van der Waals surface area (Å²) in [5, 5.41) is 17.4. The van der Waals surface area contributed by atoms with Gasteiger partial charge in [-0.3, -0.25) is 4.68 Å². The van der Waals surface area contributed by atoms with Crippen molar-refractivity contribution in [3.63, 3.8) is 0 Å². The highest BCUT2D eigenvalue weighted by molar-refractivity contribution is 5.28. The molecule has 4 heteroatoms. The molecule has 1 heterocycles. The van der Waals surface area contributed by atoms with Gasteiger partial charge in [0.05, 0.1) is 11.8 Å². The van der Waals surface area contributed by atoms with Crippen LogP contribution in [-0.4, -0.2) is 27.0 Å². The van der Waals surface area contributed by atoms with Crippen LogP contribution in [-0.2, 0) is 6.54 Å². The van der Waals surface area contributed by atoms with E-state index >= 15 is 0 Å². The van der Waals surface area contributed by atoms with Crippen LogP contribution >= 0.6 is 0 Å². The fourth-order valence-corrected chi connectivity index (χ4v) is 2.81. The molecule has 96 valence electrons. The fourth-order valence-electron chi connectivity index (χ4n) is 2.81. The maximum Gasteiger partial charge on any atom is 0.0644 e. The van der Waals surface area contributed by atoms with Gasteiger partial charge in [-0.05, 0) is 40.5 Å². The van der Waals surface area contributed by atoms with Crippen molar-refractivity contribution in [2.24, 2.45) is 0 Å². The Balaban J connectivity index is 2.08. The molecule has 1 fully saturated rings. The number of hydrogen-bond donors (Lipinski definition) is 2. The molecule has 0 bridgehead atoms. The van der Waals surface area contributed by atoms with E-state index in [1.165, 1.54) is 11.3 Å². The Morgan fingerprint density at radius 2 is 2.12 bits per heavy atom. The molecule has 1 aromatic rings. The molecule has 1 atom stereocenters. The Kier molecular flexibility index (Phi) is 3.54. The van der Waals surface area contributed by atoms with Crippen LogP contribution in [0, 0.1) is 13.8 Å². The minimum atomic E-state index is -0.0970. The van der Waals surface area contributed by atoms with Gasteiger partial charge in [0.15, 0.2) is 0 Å². The molecule has 0 aromatic carbocycles. The maximum absolute atomic E-state index is 9.30. The first-order chi connectivity index (χ1) is 8.02. The van der Waals surface area contributed by atoms with Gasteiger partial charge in [0, 0.05) is 29.9 Å². The Morgan fingerprint density at radius 1 is 1.47 bits per heavy atom. The SMILES string of the molecule is CCn1nc(C)c(C(C)NC2CC(O)C2)c1C. The van der Waals surface area contributed by atoms with Crippen LogP contribution in [0.2, 0.25) is 0 Å². The maximum atomic E-state index is 9.30. The van der Waals surface area contributed by atoms with Gasteiger partial charge in [0.2, 0.25) is 0 Å². The molecular weight excluding hydrogens is 214 g/mol. The molecule has 1 aliphatic carbocycles. The van der Waals surface area contributed by atoms with Crippen molar-refractivity contribution in [1.29, 1.82) is 0 Å². The fraction of sp³-hybridized carbons (Fsp3) is 0.769. The van der Waals surface area contributed by atoms with E-state index in [2.05, 4.69) is 42.8 Å². The second kappa shape index (κ2) is 4.78. The van der Waals surface area contributed by atoms with E-state index in [1.54, 1.807) is 0 Å². The smallest absolute Gasteiger partial charge is 0.0644 e. The zero-order valence-electron chi connectivity index (χ0n) is 11.2. The van der Waals surface area contributed by atoms with Crippen LogP contribution in [0.1, 0.15) is 49.7 Å². The third-order valence-corrected chi connectivity index (χ3v) is 3.77. The van der Waals surface area contributed by atoms with Crippen LogP contribution in [0.5, 0.6) is 0 Å². The summed E-state index contributed by atoms with van der Waals surface area (Å²) in [5.74, 6) is 0. The van der Waals surface area contributed by atoms with E-state index in [0.717, 1.165) is 25.1 Å². The summed E-state index contributed by atoms with van der Waals surface area (Å²) in [6.45, 7) is 9.42. The minimum absolute atomic E-state index is 0.0970. The van der Waals surface area contributed by atoms with Crippen molar-refractivity contribution in [3.05, 3.63) is 17.0 Å². The molecule has 0 aliphatic heterocycles. The predicted octanol–water partition coefficient (Wildman–Crippen LogP) is 1.69. The summed E-state index contributed by atoms with van der Waals surface area (Å²) in [4.78, 5) is 0. The van der Waals surface area contributed by atoms with Crippen molar-refractivity contribution in [3.8, 4) is 0 Å². The van der Waals surface area contributed by atoms with Gasteiger partial charge < -0.3 is 10.4 Å². The lowest BCUT2D eigenvalue weighted by molar-refractivity contribution is 0.0585. The van der Waals surface area contributed by atoms with E-state index in [4.69, 9.17) is 0 Å². The topological polar surface area (TPSA) is 50.1 Å². The highest BCUT2D eigenvalue weighted by Gasteiger charge is 2.29. The molecule has 1 unspecified atom stereocenters. The summed E-state index contributed by atoms with van der Waals surface area (Å²) in [6, 6.07) is 0.775. The first-order valence-corrected chi connectivity index (χ1v) is 6.51. The van der Waals surface area contributed by atoms with Crippen LogP contribution in [0.25, 0.3) is 0 Å². The molecule has 2 rings (SSSR count). The van der Waals surface area contributed by atoms with Gasteiger partial charge in [0.1, 0.15) is 0 Å². The highest BCUT2D eigenvalue weighted by Crippen LogP contribution is 2.26. The zero-order chi connectivity index (χ0) is 12.6. The van der Waals surface area contributed by atoms with E-state index < -0.39 is 0 Å². The van der Waals surface area contributed by atoms with Gasteiger partial charge in [0.25, 0.3) is 0 Å². The average molecular weight is 237 g/mol. The van der Waals surface area contributed by atoms with Crippen LogP contribution in [0.4, 0.5) is 0 Å². The first kappa shape index (κ1) is 12.6. The predicted molar refractivity (Wildman–Crippen MR) is 68.0 cm³/mol. The first-order valence-electron chi connectivity index (χ1n) is 6.51. The van der Waals surface area contributed by atoms with Gasteiger partial charge in [-0.15, -0.1) is 0 Å². The van der Waals surface area contributed by atoms with E-state index in [-0.39, 0.29) is 6.10 Å². The highest BCUT2D eigenvalue weighted by atomic mass is 16.3. The van der Waals surface area contributed by atoms with Crippen molar-refractivity contribution < 1.29 is 5.11 Å². The number of rotatable bonds is 4. The van der Waals surface area contributed by atoms with Gasteiger partial charge in [-0.1, -0.05) is 0 Å². The zero-order valence-corrected chi connectivity index (χ0v) is 11.2. The van der Waals surface area contributed by atoms with Gasteiger partial charge >= 0.3 is 0 Å². The van der Waals surface area contributed by atoms with Crippen molar-refractivity contribution in [2.45, 2.75) is 65.3 Å². The Morgan fingerprint density at radius 3 is 2.59 bits per heavy atom. The van der Waals surface area contributed by atoms with Crippen molar-refractivity contribution >= 4 is 0 Å². The standard InChI is InChI=1S/C13H23N3O/c1-5-16-10(4)13(9(3)15-16)8(2)14-11-6-12(17)7-11/h8,11-12,14,17H,5-7H2,1-4H3. The second-order valence-electron chi connectivity index (χ2n) is 5.11. The molecule has 0 spiro atoms. The lowest BCUT2D eigenvalue weighted by atomic mass is 9.88. The van der Waals surface area contributed by atoms with Crippen LogP contribution in [0.3, 0.4) is 0 Å². The number of nitrogens with zero attached hydrogens (tertiary/aromatic N) is 2. The number of aliphatic hydroxyl groups is 1. The summed E-state index contributed by atoms with van der Waals surface area (Å²) in [5.41, 5.74) is 3.68. The lowest BCUT2D eigenvalue weighted by Gasteiger charge is -2.34. The Hall–Kier alpha value is -0.870. The summed E-state index contributed by atoms with van der Waals surface area (Å²) in [7, 11) is 0. The molecule has 0 saturated heterocycles. The van der Waals surface area contributed by atoms with Crippen molar-refractivity contribution in [1.82, 2.24) is 15.1 Å². The quantitative estimate of drug-likeness (QED) is 0.838. The molecule has 4 nitrogen and oxygen atoms in total. The summed E-state index contributed by atoms with van der Waals surface area (Å²) < 4.78 is 2.05. The number of aryl methyl sites for hydroxylation is 2. The molecule has 2 N–H and O–H groups in total. The van der Waals surface area contributed by atoms with E-state index in [0.29, 0.717) is 12.1 Å². The van der Waals surface area contributed by atoms with E-state index in [9.17, 15) is 5.11 Å². The molecular formula is C13H23N3O. The van der Waals surface area contributed by atoms with Crippen molar-refractivity contribution in [2.75, 3.05) is 0 Å². The monoisotopic (exact) mass is 237 g/mol. The molecule has 0 amide bonds. The molecule has 0 radical (unpaired) electrons. The van der Waals surface area contributed by atoms with Gasteiger partial charge in [-0.2, -0.15) is 5.10 Å². The van der Waals surface area contributed by atoms with E-state index in [1.807, 2.05) is 0 Å².